The summed E-state index contributed by atoms with van der Waals surface area (Å²) in [5.74, 6) is 0. The molecule has 2 aromatic heterocycles. The first-order valence-electron chi connectivity index (χ1n) is 8.61. The Hall–Kier alpha value is -2.77. The van der Waals surface area contributed by atoms with Gasteiger partial charge in [0.2, 0.25) is 0 Å². The van der Waals surface area contributed by atoms with E-state index in [1.165, 1.54) is 22.3 Å². The number of pyridine rings is 2. The molecule has 0 aliphatic carbocycles. The molecule has 0 saturated carbocycles. The summed E-state index contributed by atoms with van der Waals surface area (Å²) in [6.07, 6.45) is 11.1. The van der Waals surface area contributed by atoms with Crippen molar-refractivity contribution in [3.05, 3.63) is 132 Å². The maximum absolute atomic E-state index is 4.16. The maximum Gasteiger partial charge on any atom is 2.00 e. The molecule has 0 aliphatic rings. The zero-order chi connectivity index (χ0) is 17.9. The van der Waals surface area contributed by atoms with Gasteiger partial charge in [0.15, 0.2) is 0 Å². The third-order valence-electron chi connectivity index (χ3n) is 3.92. The van der Waals surface area contributed by atoms with Crippen LogP contribution >= 0.6 is 0 Å². The third kappa shape index (κ3) is 7.17. The van der Waals surface area contributed by atoms with Gasteiger partial charge in [-0.1, -0.05) is 91.0 Å². The molecule has 0 aliphatic heterocycles. The Morgan fingerprint density at radius 2 is 1.30 bits per heavy atom. The molecule has 0 saturated heterocycles. The predicted octanol–water partition coefficient (Wildman–Crippen LogP) is 4.94. The van der Waals surface area contributed by atoms with E-state index in [0.717, 1.165) is 12.8 Å². The molecule has 0 amide bonds. The van der Waals surface area contributed by atoms with Crippen molar-refractivity contribution in [2.75, 3.05) is 0 Å². The van der Waals surface area contributed by atoms with Crippen LogP contribution in [-0.2, 0) is 29.3 Å². The van der Waals surface area contributed by atoms with Gasteiger partial charge in [0.1, 0.15) is 0 Å². The van der Waals surface area contributed by atoms with Gasteiger partial charge in [-0.15, -0.1) is 11.1 Å². The Balaban J connectivity index is 0.000000320. The standard InChI is InChI=1S/C19H16N.C5H4N.Ni/c1-3-7-16(8-4-1)13-18-11-12-20-15-19(18)14-17-9-5-2-6-10-17;1-2-4-6-5-3-1;/h1-12H,13-14H2;1-4H;/q2*-1;+2. The molecule has 4 aromatic rings. The maximum atomic E-state index is 4.16. The minimum atomic E-state index is 0. The van der Waals surface area contributed by atoms with Crippen LogP contribution in [0.1, 0.15) is 22.3 Å². The fraction of sp³-hybridized carbons (Fsp3) is 0.0833. The van der Waals surface area contributed by atoms with Gasteiger partial charge < -0.3 is 9.97 Å². The molecule has 0 radical (unpaired) electrons. The molecule has 2 aromatic carbocycles. The number of aromatic nitrogens is 2. The summed E-state index contributed by atoms with van der Waals surface area (Å²) in [7, 11) is 0. The first-order chi connectivity index (χ1) is 12.9. The van der Waals surface area contributed by atoms with Crippen LogP contribution in [0.3, 0.4) is 0 Å². The Labute approximate surface area is 171 Å². The molecule has 2 nitrogen and oxygen atoms in total. The van der Waals surface area contributed by atoms with Crippen molar-refractivity contribution in [1.29, 1.82) is 0 Å². The molecule has 136 valence electrons. The Morgan fingerprint density at radius 1 is 0.630 bits per heavy atom. The van der Waals surface area contributed by atoms with Crippen LogP contribution in [0, 0.1) is 12.4 Å². The molecular formula is C24H20N2Ni. The Kier molecular flexibility index (Phi) is 8.96. The molecule has 0 unspecified atom stereocenters. The molecule has 3 heteroatoms. The summed E-state index contributed by atoms with van der Waals surface area (Å²) in [4.78, 5) is 7.82. The van der Waals surface area contributed by atoms with Gasteiger partial charge in [0.25, 0.3) is 0 Å². The zero-order valence-corrected chi connectivity index (χ0v) is 15.9. The van der Waals surface area contributed by atoms with Crippen molar-refractivity contribution in [3.63, 3.8) is 0 Å². The van der Waals surface area contributed by atoms with E-state index in [0.29, 0.717) is 0 Å². The fourth-order valence-corrected chi connectivity index (χ4v) is 2.63. The van der Waals surface area contributed by atoms with E-state index in [-0.39, 0.29) is 16.5 Å². The van der Waals surface area contributed by atoms with Crippen LogP contribution in [0.15, 0.2) is 97.3 Å². The zero-order valence-electron chi connectivity index (χ0n) is 14.9. The minimum absolute atomic E-state index is 0. The van der Waals surface area contributed by atoms with Crippen LogP contribution < -0.4 is 0 Å². The molecule has 0 fully saturated rings. The molecule has 4 rings (SSSR count). The van der Waals surface area contributed by atoms with Crippen LogP contribution in [0.5, 0.6) is 0 Å². The summed E-state index contributed by atoms with van der Waals surface area (Å²) in [5, 5.41) is 0. The first kappa shape index (κ1) is 20.5. The second-order valence-electron chi connectivity index (χ2n) is 5.84. The van der Waals surface area contributed by atoms with Gasteiger partial charge >= 0.3 is 16.5 Å². The topological polar surface area (TPSA) is 25.8 Å². The Morgan fingerprint density at radius 3 is 1.81 bits per heavy atom. The van der Waals surface area contributed by atoms with Crippen LogP contribution in [0.2, 0.25) is 0 Å². The van der Waals surface area contributed by atoms with E-state index >= 15 is 0 Å². The van der Waals surface area contributed by atoms with Gasteiger partial charge in [-0.2, -0.15) is 24.3 Å². The van der Waals surface area contributed by atoms with E-state index in [4.69, 9.17) is 0 Å². The smallest absolute Gasteiger partial charge is 0.394 e. The number of hydrogen-bond donors (Lipinski definition) is 0. The first-order valence-corrected chi connectivity index (χ1v) is 8.61. The number of nitrogens with zero attached hydrogens (tertiary/aromatic N) is 2. The van der Waals surface area contributed by atoms with Gasteiger partial charge in [-0.05, 0) is 18.4 Å². The number of benzene rings is 2. The molecule has 0 spiro atoms. The van der Waals surface area contributed by atoms with Crippen molar-refractivity contribution in [1.82, 2.24) is 9.97 Å². The van der Waals surface area contributed by atoms with Crippen LogP contribution in [-0.4, -0.2) is 9.97 Å². The predicted molar refractivity (Wildman–Crippen MR) is 105 cm³/mol. The average Bonchev–Trinajstić information content (AvgIpc) is 2.73. The minimum Gasteiger partial charge on any atom is -0.394 e. The van der Waals surface area contributed by atoms with Crippen molar-refractivity contribution in [3.8, 4) is 0 Å². The molecular weight excluding hydrogens is 375 g/mol. The van der Waals surface area contributed by atoms with E-state index in [2.05, 4.69) is 77.0 Å². The Bertz CT molecular complexity index is 794. The number of rotatable bonds is 4. The van der Waals surface area contributed by atoms with Gasteiger partial charge in [-0.3, -0.25) is 0 Å². The second kappa shape index (κ2) is 11.8. The summed E-state index contributed by atoms with van der Waals surface area (Å²) < 4.78 is 0. The van der Waals surface area contributed by atoms with Crippen molar-refractivity contribution < 1.29 is 16.5 Å². The molecule has 0 bridgehead atoms. The van der Waals surface area contributed by atoms with E-state index in [1.54, 1.807) is 12.3 Å². The van der Waals surface area contributed by atoms with Crippen molar-refractivity contribution >= 4 is 0 Å². The van der Waals surface area contributed by atoms with E-state index in [1.807, 2.05) is 30.5 Å². The van der Waals surface area contributed by atoms with Gasteiger partial charge in [-0.25, -0.2) is 0 Å². The van der Waals surface area contributed by atoms with Gasteiger partial charge in [0, 0.05) is 0 Å². The van der Waals surface area contributed by atoms with Crippen LogP contribution in [0.4, 0.5) is 0 Å². The molecule has 27 heavy (non-hydrogen) atoms. The van der Waals surface area contributed by atoms with Crippen LogP contribution in [0.25, 0.3) is 0 Å². The number of hydrogen-bond acceptors (Lipinski definition) is 2. The summed E-state index contributed by atoms with van der Waals surface area (Å²) in [5.41, 5.74) is 5.10. The largest absolute Gasteiger partial charge is 2.00 e. The monoisotopic (exact) mass is 394 g/mol. The molecule has 0 N–H and O–H groups in total. The SMILES string of the molecule is [Ni+2].[c-]1ccccn1.[c-]1nccc(Cc2ccccc2)c1Cc1ccccc1. The second-order valence-corrected chi connectivity index (χ2v) is 5.84. The summed E-state index contributed by atoms with van der Waals surface area (Å²) in [6, 6.07) is 28.6. The quantitative estimate of drug-likeness (QED) is 0.361. The average molecular weight is 395 g/mol. The summed E-state index contributed by atoms with van der Waals surface area (Å²) >= 11 is 0. The molecule has 2 heterocycles. The molecule has 0 atom stereocenters. The van der Waals surface area contributed by atoms with Crippen molar-refractivity contribution in [2.24, 2.45) is 0 Å². The van der Waals surface area contributed by atoms with Gasteiger partial charge in [0.05, 0.1) is 0 Å². The summed E-state index contributed by atoms with van der Waals surface area (Å²) in [6.45, 7) is 0. The van der Waals surface area contributed by atoms with E-state index in [9.17, 15) is 0 Å². The van der Waals surface area contributed by atoms with Crippen molar-refractivity contribution in [2.45, 2.75) is 12.8 Å². The fourth-order valence-electron chi connectivity index (χ4n) is 2.63. The third-order valence-corrected chi connectivity index (χ3v) is 3.92. The normalized spacial score (nSPS) is 9.48. The van der Waals surface area contributed by atoms with E-state index < -0.39 is 0 Å².